The Morgan fingerprint density at radius 2 is 1.63 bits per heavy atom. The number of aryl methyl sites for hydroxylation is 1. The van der Waals surface area contributed by atoms with Gasteiger partial charge in [0.1, 0.15) is 12.1 Å². The minimum Gasteiger partial charge on any atom is -0.478 e. The van der Waals surface area contributed by atoms with Gasteiger partial charge in [-0.05, 0) is 67.5 Å². The van der Waals surface area contributed by atoms with Gasteiger partial charge in [0.15, 0.2) is 0 Å². The summed E-state index contributed by atoms with van der Waals surface area (Å²) in [6.45, 7) is 9.88. The Morgan fingerprint density at radius 1 is 1.00 bits per heavy atom. The van der Waals surface area contributed by atoms with Crippen LogP contribution in [0.1, 0.15) is 78.6 Å². The molecule has 3 amide bonds. The third-order valence-electron chi connectivity index (χ3n) is 7.40. The van der Waals surface area contributed by atoms with Crippen molar-refractivity contribution in [1.29, 1.82) is 0 Å². The van der Waals surface area contributed by atoms with Crippen LogP contribution in [-0.4, -0.2) is 57.3 Å². The van der Waals surface area contributed by atoms with Gasteiger partial charge in [-0.2, -0.15) is 0 Å². The molecular weight excluding hydrogens is 540 g/mol. The number of amides is 3. The molecule has 0 aliphatic carbocycles. The van der Waals surface area contributed by atoms with Crippen molar-refractivity contribution in [1.82, 2.24) is 20.5 Å². The lowest BCUT2D eigenvalue weighted by molar-refractivity contribution is -0.142. The second kappa shape index (κ2) is 12.2. The van der Waals surface area contributed by atoms with Gasteiger partial charge in [0, 0.05) is 12.1 Å². The zero-order valence-corrected chi connectivity index (χ0v) is 24.7. The first kappa shape index (κ1) is 29.9. The van der Waals surface area contributed by atoms with E-state index in [9.17, 15) is 19.2 Å². The van der Waals surface area contributed by atoms with E-state index in [1.807, 2.05) is 64.4 Å². The molecule has 1 saturated heterocycles. The van der Waals surface area contributed by atoms with E-state index < -0.39 is 29.4 Å². The highest BCUT2D eigenvalue weighted by Gasteiger charge is 2.42. The first-order chi connectivity index (χ1) is 19.4. The molecule has 1 aromatic heterocycles. The van der Waals surface area contributed by atoms with Crippen LogP contribution in [0.15, 0.2) is 54.0 Å². The molecule has 41 heavy (non-hydrogen) atoms. The average molecular weight is 577 g/mol. The smallest absolute Gasteiger partial charge is 0.335 e. The Bertz CT molecular complexity index is 1430. The maximum absolute atomic E-state index is 13.8. The molecule has 4 rings (SSSR count). The molecule has 2 aromatic carbocycles. The molecule has 0 bridgehead atoms. The largest absolute Gasteiger partial charge is 0.478 e. The Kier molecular flexibility index (Phi) is 8.92. The lowest BCUT2D eigenvalue weighted by atomic mass is 9.85. The number of likely N-dealkylation sites (tertiary alicyclic amines) is 1. The van der Waals surface area contributed by atoms with Gasteiger partial charge < -0.3 is 20.6 Å². The molecule has 9 nitrogen and oxygen atoms in total. The van der Waals surface area contributed by atoms with Gasteiger partial charge in [-0.15, -0.1) is 11.3 Å². The van der Waals surface area contributed by atoms with E-state index >= 15 is 0 Å². The minimum atomic E-state index is -1.09. The maximum Gasteiger partial charge on any atom is 0.335 e. The summed E-state index contributed by atoms with van der Waals surface area (Å²) in [4.78, 5) is 58.4. The highest BCUT2D eigenvalue weighted by molar-refractivity contribution is 7.13. The Morgan fingerprint density at radius 3 is 2.20 bits per heavy atom. The molecule has 10 heteroatoms. The number of carboxylic acid groups (broad SMARTS) is 1. The standard InChI is InChI=1S/C31H36N4O5S/c1-18(20-8-10-21(11-9-20)25-19(2)32-17-41-25)33-28(37)24-7-6-16-35(24)29(38)26(31(3,4)5)34-27(36)22-12-14-23(15-13-22)30(39)40/h8-15,17-18,24,26H,6-7,16H2,1-5H3,(H,33,37)(H,34,36)(H,39,40). The van der Waals surface area contributed by atoms with Gasteiger partial charge in [0.2, 0.25) is 11.8 Å². The van der Waals surface area contributed by atoms with E-state index in [2.05, 4.69) is 15.6 Å². The quantitative estimate of drug-likeness (QED) is 0.352. The van der Waals surface area contributed by atoms with Gasteiger partial charge in [0.25, 0.3) is 5.91 Å². The first-order valence-electron chi connectivity index (χ1n) is 13.6. The van der Waals surface area contributed by atoms with Crippen molar-refractivity contribution in [3.8, 4) is 10.4 Å². The number of nitrogens with one attached hydrogen (secondary N) is 2. The molecule has 1 fully saturated rings. The number of nitrogens with zero attached hydrogens (tertiary/aromatic N) is 2. The van der Waals surface area contributed by atoms with E-state index in [1.165, 1.54) is 24.3 Å². The van der Waals surface area contributed by atoms with Crippen molar-refractivity contribution in [2.24, 2.45) is 5.41 Å². The molecule has 0 radical (unpaired) electrons. The number of hydrogen-bond acceptors (Lipinski definition) is 6. The van der Waals surface area contributed by atoms with Gasteiger partial charge in [0.05, 0.1) is 27.7 Å². The number of rotatable bonds is 8. The maximum atomic E-state index is 13.8. The van der Waals surface area contributed by atoms with Crippen molar-refractivity contribution in [3.05, 3.63) is 76.4 Å². The molecule has 216 valence electrons. The van der Waals surface area contributed by atoms with Crippen LogP contribution >= 0.6 is 11.3 Å². The summed E-state index contributed by atoms with van der Waals surface area (Å²) in [6, 6.07) is 11.8. The zero-order valence-electron chi connectivity index (χ0n) is 23.9. The van der Waals surface area contributed by atoms with Crippen molar-refractivity contribution < 1.29 is 24.3 Å². The summed E-state index contributed by atoms with van der Waals surface area (Å²) >= 11 is 1.59. The van der Waals surface area contributed by atoms with Crippen LogP contribution in [0, 0.1) is 12.3 Å². The van der Waals surface area contributed by atoms with Crippen molar-refractivity contribution >= 4 is 35.0 Å². The molecule has 2 heterocycles. The number of hydrogen-bond donors (Lipinski definition) is 3. The van der Waals surface area contributed by atoms with Crippen LogP contribution in [0.2, 0.25) is 0 Å². The minimum absolute atomic E-state index is 0.0657. The SMILES string of the molecule is Cc1ncsc1-c1ccc(C(C)NC(=O)C2CCCN2C(=O)C(NC(=O)c2ccc(C(=O)O)cc2)C(C)(C)C)cc1. The topological polar surface area (TPSA) is 129 Å². The van der Waals surface area contributed by atoms with Crippen molar-refractivity contribution in [2.45, 2.75) is 65.6 Å². The zero-order chi connectivity index (χ0) is 29.9. The third kappa shape index (κ3) is 6.82. The van der Waals surface area contributed by atoms with Gasteiger partial charge in [-0.25, -0.2) is 9.78 Å². The van der Waals surface area contributed by atoms with E-state index in [-0.39, 0.29) is 29.0 Å². The Hall–Kier alpha value is -4.05. The molecule has 1 aliphatic rings. The lowest BCUT2D eigenvalue weighted by Crippen LogP contribution is -2.57. The normalized spacial score (nSPS) is 16.6. The predicted octanol–water partition coefficient (Wildman–Crippen LogP) is 4.83. The lowest BCUT2D eigenvalue weighted by Gasteiger charge is -2.35. The van der Waals surface area contributed by atoms with Crippen molar-refractivity contribution in [3.63, 3.8) is 0 Å². The molecule has 3 N–H and O–H groups in total. The molecule has 1 aliphatic heterocycles. The number of carbonyl (C=O) groups is 4. The fourth-order valence-electron chi connectivity index (χ4n) is 4.99. The monoisotopic (exact) mass is 576 g/mol. The number of aromatic nitrogens is 1. The van der Waals surface area contributed by atoms with E-state index in [1.54, 1.807) is 16.2 Å². The summed E-state index contributed by atoms with van der Waals surface area (Å²) in [5.41, 5.74) is 4.51. The second-order valence-electron chi connectivity index (χ2n) is 11.5. The summed E-state index contributed by atoms with van der Waals surface area (Å²) in [5.74, 6) is -2.12. The molecule has 3 unspecified atom stereocenters. The van der Waals surface area contributed by atoms with Crippen molar-refractivity contribution in [2.75, 3.05) is 6.54 Å². The van der Waals surface area contributed by atoms with Crippen LogP contribution in [0.3, 0.4) is 0 Å². The van der Waals surface area contributed by atoms with Crippen LogP contribution in [0.25, 0.3) is 10.4 Å². The Labute approximate surface area is 244 Å². The highest BCUT2D eigenvalue weighted by atomic mass is 32.1. The number of thiazole rings is 1. The number of benzene rings is 2. The second-order valence-corrected chi connectivity index (χ2v) is 12.3. The highest BCUT2D eigenvalue weighted by Crippen LogP contribution is 2.29. The van der Waals surface area contributed by atoms with Gasteiger partial charge in [-0.1, -0.05) is 45.0 Å². The summed E-state index contributed by atoms with van der Waals surface area (Å²) in [6.07, 6.45) is 1.22. The van der Waals surface area contributed by atoms with E-state index in [4.69, 9.17) is 5.11 Å². The van der Waals surface area contributed by atoms with Crippen LogP contribution < -0.4 is 10.6 Å². The number of carbonyl (C=O) groups excluding carboxylic acids is 3. The summed E-state index contributed by atoms with van der Waals surface area (Å²) < 4.78 is 0. The Balaban J connectivity index is 1.44. The molecule has 3 aromatic rings. The van der Waals surface area contributed by atoms with Gasteiger partial charge >= 0.3 is 5.97 Å². The predicted molar refractivity (Wildman–Crippen MR) is 158 cm³/mol. The van der Waals surface area contributed by atoms with Crippen LogP contribution in [-0.2, 0) is 9.59 Å². The van der Waals surface area contributed by atoms with E-state index in [0.717, 1.165) is 21.7 Å². The first-order valence-corrected chi connectivity index (χ1v) is 14.5. The number of aromatic carboxylic acids is 1. The van der Waals surface area contributed by atoms with Crippen LogP contribution in [0.4, 0.5) is 0 Å². The average Bonchev–Trinajstić information content (AvgIpc) is 3.60. The third-order valence-corrected chi connectivity index (χ3v) is 8.38. The van der Waals surface area contributed by atoms with Gasteiger partial charge in [-0.3, -0.25) is 14.4 Å². The molecule has 3 atom stereocenters. The van der Waals surface area contributed by atoms with E-state index in [0.29, 0.717) is 19.4 Å². The molecule has 0 spiro atoms. The fraction of sp³-hybridized carbons (Fsp3) is 0.387. The summed E-state index contributed by atoms with van der Waals surface area (Å²) in [5, 5.41) is 15.0. The molecule has 0 saturated carbocycles. The number of carboxylic acids is 1. The fourth-order valence-corrected chi connectivity index (χ4v) is 5.80. The summed E-state index contributed by atoms with van der Waals surface area (Å²) in [7, 11) is 0. The molecular formula is C31H36N4O5S. The van der Waals surface area contributed by atoms with Crippen LogP contribution in [0.5, 0.6) is 0 Å².